The van der Waals surface area contributed by atoms with Gasteiger partial charge in [0.1, 0.15) is 0 Å². The van der Waals surface area contributed by atoms with Crippen LogP contribution in [-0.2, 0) is 19.1 Å². The van der Waals surface area contributed by atoms with E-state index in [-0.39, 0.29) is 23.8 Å². The van der Waals surface area contributed by atoms with Crippen molar-refractivity contribution in [3.8, 4) is 0 Å². The van der Waals surface area contributed by atoms with Crippen LogP contribution in [0.4, 0.5) is 0 Å². The molecular weight excluding hydrogens is 280 g/mol. The van der Waals surface area contributed by atoms with Crippen molar-refractivity contribution in [2.75, 3.05) is 14.2 Å². The van der Waals surface area contributed by atoms with E-state index in [2.05, 4.69) is 13.8 Å². The van der Waals surface area contributed by atoms with Gasteiger partial charge in [-0.2, -0.15) is 0 Å². The lowest BCUT2D eigenvalue weighted by Crippen LogP contribution is -2.50. The highest BCUT2D eigenvalue weighted by Crippen LogP contribution is 2.69. The Morgan fingerprint density at radius 2 is 1.59 bits per heavy atom. The van der Waals surface area contributed by atoms with Gasteiger partial charge in [-0.15, -0.1) is 0 Å². The molecule has 1 saturated carbocycles. The van der Waals surface area contributed by atoms with Crippen LogP contribution in [0.5, 0.6) is 0 Å². The molecule has 4 heteroatoms. The number of allylic oxidation sites excluding steroid dienone is 2. The Labute approximate surface area is 130 Å². The molecule has 0 saturated heterocycles. The van der Waals surface area contributed by atoms with E-state index in [1.165, 1.54) is 31.8 Å². The van der Waals surface area contributed by atoms with E-state index in [1.54, 1.807) is 0 Å². The average molecular weight is 302 g/mol. The van der Waals surface area contributed by atoms with Gasteiger partial charge in [0.25, 0.3) is 0 Å². The van der Waals surface area contributed by atoms with Gasteiger partial charge in [0.15, 0.2) is 0 Å². The summed E-state index contributed by atoms with van der Waals surface area (Å²) in [6, 6.07) is 0. The monoisotopic (exact) mass is 302 g/mol. The van der Waals surface area contributed by atoms with E-state index in [0.717, 1.165) is 18.8 Å². The van der Waals surface area contributed by atoms with Crippen molar-refractivity contribution in [1.82, 2.24) is 0 Å². The van der Waals surface area contributed by atoms with Gasteiger partial charge in [-0.1, -0.05) is 25.0 Å². The summed E-state index contributed by atoms with van der Waals surface area (Å²) in [6.07, 6.45) is 3.17. The minimum absolute atomic E-state index is 0.0760. The van der Waals surface area contributed by atoms with Crippen LogP contribution in [0, 0.1) is 29.1 Å². The molecule has 0 N–H and O–H groups in total. The molecule has 5 rings (SSSR count). The molecule has 0 amide bonds. The number of ether oxygens (including phenoxy) is 2. The first-order valence-electron chi connectivity index (χ1n) is 8.05. The zero-order valence-electron chi connectivity index (χ0n) is 13.6. The van der Waals surface area contributed by atoms with Gasteiger partial charge in [0.05, 0.1) is 25.4 Å². The van der Waals surface area contributed by atoms with Crippen LogP contribution in [0.3, 0.4) is 0 Å². The van der Waals surface area contributed by atoms with Crippen molar-refractivity contribution in [2.45, 2.75) is 33.1 Å². The maximum atomic E-state index is 12.3. The van der Waals surface area contributed by atoms with Crippen molar-refractivity contribution >= 4 is 11.9 Å². The molecule has 5 aliphatic carbocycles. The lowest BCUT2D eigenvalue weighted by molar-refractivity contribution is -0.139. The fraction of sp³-hybridized carbons (Fsp3) is 0.667. The van der Waals surface area contributed by atoms with Crippen LogP contribution in [0.2, 0.25) is 0 Å². The Hall–Kier alpha value is -1.58. The van der Waals surface area contributed by atoms with Crippen LogP contribution >= 0.6 is 0 Å². The van der Waals surface area contributed by atoms with E-state index >= 15 is 0 Å². The topological polar surface area (TPSA) is 52.6 Å². The molecule has 5 aliphatic rings. The molecule has 22 heavy (non-hydrogen) atoms. The Balaban J connectivity index is 1.80. The first-order valence-corrected chi connectivity index (χ1v) is 8.05. The van der Waals surface area contributed by atoms with Crippen LogP contribution in [0.15, 0.2) is 22.3 Å². The quantitative estimate of drug-likeness (QED) is 0.581. The molecule has 0 heterocycles. The number of carbonyl (C=O) groups excluding carboxylic acids is 2. The number of rotatable bonds is 2. The highest BCUT2D eigenvalue weighted by molar-refractivity contribution is 6.04. The Morgan fingerprint density at radius 1 is 1.00 bits per heavy atom. The standard InChI is InChI=1S/C18H22O4/c1-18(2)8-5-9-10-7-11(13(9)12(18)6-8)15(17(20)22-4)14(10)16(19)21-3/h8,10-12H,5-7H2,1-4H3/t8-,10+,11+,12-/m1/s1. The number of esters is 2. The summed E-state index contributed by atoms with van der Waals surface area (Å²) in [5.41, 5.74) is 4.34. The van der Waals surface area contributed by atoms with E-state index in [9.17, 15) is 9.59 Å². The molecule has 0 radical (unpaired) electrons. The fourth-order valence-corrected chi connectivity index (χ4v) is 5.48. The van der Waals surface area contributed by atoms with Crippen molar-refractivity contribution < 1.29 is 19.1 Å². The lowest BCUT2D eigenvalue weighted by atomic mass is 9.46. The summed E-state index contributed by atoms with van der Waals surface area (Å²) >= 11 is 0. The zero-order valence-corrected chi connectivity index (χ0v) is 13.6. The molecule has 4 nitrogen and oxygen atoms in total. The summed E-state index contributed by atoms with van der Waals surface area (Å²) in [7, 11) is 2.77. The van der Waals surface area contributed by atoms with Gasteiger partial charge in [0, 0.05) is 11.8 Å². The maximum Gasteiger partial charge on any atom is 0.334 e. The third-order valence-corrected chi connectivity index (χ3v) is 6.75. The van der Waals surface area contributed by atoms with E-state index in [4.69, 9.17) is 9.47 Å². The van der Waals surface area contributed by atoms with E-state index in [0.29, 0.717) is 22.5 Å². The van der Waals surface area contributed by atoms with Crippen molar-refractivity contribution in [1.29, 1.82) is 0 Å². The third-order valence-electron chi connectivity index (χ3n) is 6.75. The molecule has 0 aliphatic heterocycles. The van der Waals surface area contributed by atoms with Crippen molar-refractivity contribution in [2.24, 2.45) is 29.1 Å². The number of fused-ring (bicyclic) bond motifs is 2. The second kappa shape index (κ2) is 4.24. The molecule has 118 valence electrons. The van der Waals surface area contributed by atoms with E-state index < -0.39 is 0 Å². The molecule has 0 unspecified atom stereocenters. The minimum Gasteiger partial charge on any atom is -0.466 e. The van der Waals surface area contributed by atoms with Crippen LogP contribution in [0.25, 0.3) is 0 Å². The predicted molar refractivity (Wildman–Crippen MR) is 79.7 cm³/mol. The average Bonchev–Trinajstić information content (AvgIpc) is 3.09. The molecular formula is C18H22O4. The first kappa shape index (κ1) is 14.0. The maximum absolute atomic E-state index is 12.3. The number of methoxy groups -OCH3 is 2. The fourth-order valence-electron chi connectivity index (χ4n) is 5.48. The molecule has 0 aromatic carbocycles. The van der Waals surface area contributed by atoms with Crippen molar-refractivity contribution in [3.05, 3.63) is 22.3 Å². The molecule has 4 bridgehead atoms. The normalized spacial score (nSPS) is 36.9. The smallest absolute Gasteiger partial charge is 0.334 e. The number of carbonyl (C=O) groups is 2. The lowest BCUT2D eigenvalue weighted by Gasteiger charge is -2.59. The summed E-state index contributed by atoms with van der Waals surface area (Å²) in [6.45, 7) is 4.68. The van der Waals surface area contributed by atoms with Gasteiger partial charge in [0.2, 0.25) is 0 Å². The second-order valence-corrected chi connectivity index (χ2v) is 7.64. The molecule has 1 fully saturated rings. The summed E-state index contributed by atoms with van der Waals surface area (Å²) < 4.78 is 9.91. The third kappa shape index (κ3) is 1.43. The summed E-state index contributed by atoms with van der Waals surface area (Å²) in [4.78, 5) is 24.5. The zero-order chi connectivity index (χ0) is 15.8. The van der Waals surface area contributed by atoms with Gasteiger partial charge in [-0.3, -0.25) is 0 Å². The Bertz CT molecular complexity index is 652. The second-order valence-electron chi connectivity index (χ2n) is 7.64. The van der Waals surface area contributed by atoms with Crippen LogP contribution in [-0.4, -0.2) is 26.2 Å². The SMILES string of the molecule is COC(=O)C1=C(C(=O)OC)[C@H]2C[C@H]1C1=C2C[C@@H]2C[C@H]1C2(C)C. The summed E-state index contributed by atoms with van der Waals surface area (Å²) in [5.74, 6) is 0.720. The Morgan fingerprint density at radius 3 is 2.14 bits per heavy atom. The molecule has 0 aromatic rings. The number of hydrogen-bond donors (Lipinski definition) is 0. The largest absolute Gasteiger partial charge is 0.466 e. The van der Waals surface area contributed by atoms with E-state index in [1.807, 2.05) is 0 Å². The summed E-state index contributed by atoms with van der Waals surface area (Å²) in [5, 5.41) is 0. The first-order chi connectivity index (χ1) is 10.4. The molecule has 0 aromatic heterocycles. The predicted octanol–water partition coefficient (Wildman–Crippen LogP) is 2.64. The van der Waals surface area contributed by atoms with Crippen LogP contribution in [0.1, 0.15) is 33.1 Å². The van der Waals surface area contributed by atoms with Gasteiger partial charge >= 0.3 is 11.9 Å². The van der Waals surface area contributed by atoms with Crippen molar-refractivity contribution in [3.63, 3.8) is 0 Å². The molecule has 4 atom stereocenters. The van der Waals surface area contributed by atoms with Gasteiger partial charge < -0.3 is 9.47 Å². The number of hydrogen-bond acceptors (Lipinski definition) is 4. The van der Waals surface area contributed by atoms with Gasteiger partial charge in [-0.05, 0) is 36.5 Å². The minimum atomic E-state index is -0.363. The highest BCUT2D eigenvalue weighted by Gasteiger charge is 2.61. The Kier molecular flexibility index (Phi) is 2.71. The van der Waals surface area contributed by atoms with Crippen LogP contribution < -0.4 is 0 Å². The molecule has 0 spiro atoms. The highest BCUT2D eigenvalue weighted by atomic mass is 16.5. The van der Waals surface area contributed by atoms with Gasteiger partial charge in [-0.25, -0.2) is 9.59 Å².